The molecule has 1 aromatic carbocycles. The fourth-order valence-corrected chi connectivity index (χ4v) is 2.22. The Hall–Kier alpha value is -1.57. The summed E-state index contributed by atoms with van der Waals surface area (Å²) in [4.78, 5) is 11.5. The number of ketones is 1. The largest absolute Gasteiger partial charge is 0.350 e. The molecule has 0 bridgehead atoms. The number of rotatable bonds is 2. The van der Waals surface area contributed by atoms with Gasteiger partial charge in [-0.05, 0) is 24.5 Å². The van der Waals surface area contributed by atoms with Crippen molar-refractivity contribution in [1.82, 2.24) is 4.57 Å². The molecule has 0 spiro atoms. The molecule has 2 aromatic rings. The van der Waals surface area contributed by atoms with Crippen molar-refractivity contribution in [3.05, 3.63) is 35.5 Å². The van der Waals surface area contributed by atoms with Crippen LogP contribution in [0.2, 0.25) is 0 Å². The topological polar surface area (TPSA) is 22.0 Å². The molecule has 0 aliphatic carbocycles. The summed E-state index contributed by atoms with van der Waals surface area (Å²) in [5, 5.41) is 1.07. The fraction of sp³-hybridized carbons (Fsp3) is 0.357. The van der Waals surface area contributed by atoms with Gasteiger partial charge in [0.15, 0.2) is 5.78 Å². The lowest BCUT2D eigenvalue weighted by molar-refractivity contribution is 0.101. The molecule has 0 atom stereocenters. The van der Waals surface area contributed by atoms with Gasteiger partial charge in [-0.2, -0.15) is 0 Å². The van der Waals surface area contributed by atoms with E-state index < -0.39 is 0 Å². The SMILES string of the molecule is CC(=O)c1ccc(C(C)C)c2c1ccn2C. The quantitative estimate of drug-likeness (QED) is 0.703. The van der Waals surface area contributed by atoms with Crippen molar-refractivity contribution in [3.8, 4) is 0 Å². The van der Waals surface area contributed by atoms with E-state index in [2.05, 4.69) is 24.5 Å². The van der Waals surface area contributed by atoms with Gasteiger partial charge in [0, 0.05) is 24.2 Å². The molecule has 1 heterocycles. The number of benzene rings is 1. The van der Waals surface area contributed by atoms with Crippen LogP contribution in [-0.2, 0) is 7.05 Å². The second-order valence-corrected chi connectivity index (χ2v) is 4.60. The average Bonchev–Trinajstić information content (AvgIpc) is 2.59. The van der Waals surface area contributed by atoms with E-state index in [-0.39, 0.29) is 5.78 Å². The van der Waals surface area contributed by atoms with Gasteiger partial charge in [-0.25, -0.2) is 0 Å². The van der Waals surface area contributed by atoms with E-state index in [1.54, 1.807) is 6.92 Å². The smallest absolute Gasteiger partial charge is 0.160 e. The molecule has 1 aromatic heterocycles. The minimum absolute atomic E-state index is 0.131. The number of carbonyl (C=O) groups excluding carboxylic acids is 1. The predicted molar refractivity (Wildman–Crippen MR) is 67.0 cm³/mol. The molecule has 2 nitrogen and oxygen atoms in total. The molecule has 0 amide bonds. The highest BCUT2D eigenvalue weighted by Crippen LogP contribution is 2.28. The van der Waals surface area contributed by atoms with Crippen LogP contribution in [0.3, 0.4) is 0 Å². The Bertz CT molecular complexity index is 549. The summed E-state index contributed by atoms with van der Waals surface area (Å²) >= 11 is 0. The van der Waals surface area contributed by atoms with Gasteiger partial charge in [0.05, 0.1) is 5.52 Å². The Kier molecular flexibility index (Phi) is 2.58. The van der Waals surface area contributed by atoms with Gasteiger partial charge < -0.3 is 4.57 Å². The Morgan fingerprint density at radius 1 is 1.25 bits per heavy atom. The molecule has 0 saturated carbocycles. The van der Waals surface area contributed by atoms with Crippen LogP contribution in [0.4, 0.5) is 0 Å². The summed E-state index contributed by atoms with van der Waals surface area (Å²) in [6, 6.07) is 6.04. The van der Waals surface area contributed by atoms with Gasteiger partial charge in [-0.3, -0.25) is 4.79 Å². The van der Waals surface area contributed by atoms with Crippen LogP contribution in [-0.4, -0.2) is 10.4 Å². The van der Waals surface area contributed by atoms with Crippen LogP contribution >= 0.6 is 0 Å². The lowest BCUT2D eigenvalue weighted by Gasteiger charge is -2.11. The van der Waals surface area contributed by atoms with E-state index >= 15 is 0 Å². The number of hydrogen-bond donors (Lipinski definition) is 0. The first-order chi connectivity index (χ1) is 7.52. The van der Waals surface area contributed by atoms with Gasteiger partial charge in [-0.1, -0.05) is 26.0 Å². The summed E-state index contributed by atoms with van der Waals surface area (Å²) in [7, 11) is 2.03. The van der Waals surface area contributed by atoms with Crippen LogP contribution in [0, 0.1) is 0 Å². The lowest BCUT2D eigenvalue weighted by atomic mass is 9.96. The van der Waals surface area contributed by atoms with E-state index in [1.165, 1.54) is 11.1 Å². The van der Waals surface area contributed by atoms with Gasteiger partial charge in [0.2, 0.25) is 0 Å². The fourth-order valence-electron chi connectivity index (χ4n) is 2.22. The molecule has 0 aliphatic rings. The minimum atomic E-state index is 0.131. The van der Waals surface area contributed by atoms with Crippen molar-refractivity contribution in [3.63, 3.8) is 0 Å². The molecule has 16 heavy (non-hydrogen) atoms. The Morgan fingerprint density at radius 3 is 2.50 bits per heavy atom. The van der Waals surface area contributed by atoms with E-state index in [4.69, 9.17) is 0 Å². The summed E-state index contributed by atoms with van der Waals surface area (Å²) in [5.41, 5.74) is 3.30. The van der Waals surface area contributed by atoms with Gasteiger partial charge in [0.25, 0.3) is 0 Å². The number of Topliss-reactive ketones (excluding diaryl/α,β-unsaturated/α-hetero) is 1. The summed E-state index contributed by atoms with van der Waals surface area (Å²) in [6.45, 7) is 5.97. The van der Waals surface area contributed by atoms with Crippen LogP contribution in [0.5, 0.6) is 0 Å². The molecular formula is C14H17NO. The van der Waals surface area contributed by atoms with Crippen LogP contribution in [0.1, 0.15) is 42.6 Å². The Balaban J connectivity index is 2.84. The number of hydrogen-bond acceptors (Lipinski definition) is 1. The molecule has 0 fully saturated rings. The molecule has 2 heteroatoms. The molecular weight excluding hydrogens is 198 g/mol. The van der Waals surface area contributed by atoms with Crippen LogP contribution < -0.4 is 0 Å². The summed E-state index contributed by atoms with van der Waals surface area (Å²) in [6.07, 6.45) is 2.02. The number of carbonyl (C=O) groups is 1. The molecule has 0 saturated heterocycles. The van der Waals surface area contributed by atoms with Crippen molar-refractivity contribution >= 4 is 16.7 Å². The van der Waals surface area contributed by atoms with Crippen molar-refractivity contribution in [1.29, 1.82) is 0 Å². The maximum Gasteiger partial charge on any atom is 0.160 e. The van der Waals surface area contributed by atoms with E-state index in [9.17, 15) is 4.79 Å². The van der Waals surface area contributed by atoms with Crippen molar-refractivity contribution in [2.45, 2.75) is 26.7 Å². The van der Waals surface area contributed by atoms with Crippen molar-refractivity contribution in [2.75, 3.05) is 0 Å². The monoisotopic (exact) mass is 215 g/mol. The van der Waals surface area contributed by atoms with Crippen LogP contribution in [0.25, 0.3) is 10.9 Å². The molecule has 0 unspecified atom stereocenters. The van der Waals surface area contributed by atoms with E-state index in [1.807, 2.05) is 25.4 Å². The van der Waals surface area contributed by atoms with Gasteiger partial charge >= 0.3 is 0 Å². The molecule has 2 rings (SSSR count). The average molecular weight is 215 g/mol. The molecule has 84 valence electrons. The molecule has 0 aliphatic heterocycles. The Morgan fingerprint density at radius 2 is 1.94 bits per heavy atom. The zero-order valence-electron chi connectivity index (χ0n) is 10.2. The van der Waals surface area contributed by atoms with Gasteiger partial charge in [0.1, 0.15) is 0 Å². The second-order valence-electron chi connectivity index (χ2n) is 4.60. The van der Waals surface area contributed by atoms with Crippen LogP contribution in [0.15, 0.2) is 24.4 Å². The van der Waals surface area contributed by atoms with Gasteiger partial charge in [-0.15, -0.1) is 0 Å². The predicted octanol–water partition coefficient (Wildman–Crippen LogP) is 3.50. The third-order valence-electron chi connectivity index (χ3n) is 3.07. The summed E-state index contributed by atoms with van der Waals surface area (Å²) < 4.78 is 2.09. The Labute approximate surface area is 95.9 Å². The first kappa shape index (κ1) is 10.9. The highest BCUT2D eigenvalue weighted by molar-refractivity contribution is 6.07. The lowest BCUT2D eigenvalue weighted by Crippen LogP contribution is -1.99. The number of fused-ring (bicyclic) bond motifs is 1. The first-order valence-electron chi connectivity index (χ1n) is 5.61. The highest BCUT2D eigenvalue weighted by atomic mass is 16.1. The maximum absolute atomic E-state index is 11.5. The van der Waals surface area contributed by atoms with Crippen molar-refractivity contribution in [2.24, 2.45) is 7.05 Å². The standard InChI is InChI=1S/C14H17NO/c1-9(2)11-5-6-12(10(3)16)13-7-8-15(4)14(11)13/h5-9H,1-4H3. The van der Waals surface area contributed by atoms with E-state index in [0.717, 1.165) is 10.9 Å². The highest BCUT2D eigenvalue weighted by Gasteiger charge is 2.13. The third-order valence-corrected chi connectivity index (χ3v) is 3.07. The minimum Gasteiger partial charge on any atom is -0.350 e. The molecule has 0 N–H and O–H groups in total. The number of aryl methyl sites for hydroxylation is 1. The first-order valence-corrected chi connectivity index (χ1v) is 5.61. The van der Waals surface area contributed by atoms with E-state index in [0.29, 0.717) is 5.92 Å². The normalized spacial score (nSPS) is 11.3. The zero-order valence-corrected chi connectivity index (χ0v) is 10.2. The number of aromatic nitrogens is 1. The maximum atomic E-state index is 11.5. The zero-order chi connectivity index (χ0) is 11.9. The molecule has 0 radical (unpaired) electrons. The number of nitrogens with zero attached hydrogens (tertiary/aromatic N) is 1. The third kappa shape index (κ3) is 1.54. The van der Waals surface area contributed by atoms with Crippen molar-refractivity contribution < 1.29 is 4.79 Å². The summed E-state index contributed by atoms with van der Waals surface area (Å²) in [5.74, 6) is 0.601. The second kappa shape index (κ2) is 3.78.